The molecule has 4 rings (SSSR count). The van der Waals surface area contributed by atoms with Crippen LogP contribution in [-0.4, -0.2) is 48.1 Å². The molecular formula is C19H20N6O. The highest BCUT2D eigenvalue weighted by atomic mass is 16.5. The number of fused-ring (bicyclic) bond motifs is 2. The number of ether oxygens (including phenoxy) is 1. The Hall–Kier alpha value is -3.22. The summed E-state index contributed by atoms with van der Waals surface area (Å²) in [5.74, 6) is 2.60. The van der Waals surface area contributed by atoms with E-state index < -0.39 is 0 Å². The van der Waals surface area contributed by atoms with Crippen LogP contribution in [0.2, 0.25) is 0 Å². The molecule has 1 aliphatic heterocycles. The van der Waals surface area contributed by atoms with Crippen molar-refractivity contribution < 1.29 is 4.74 Å². The van der Waals surface area contributed by atoms with E-state index in [4.69, 9.17) is 4.74 Å². The Balaban J connectivity index is 2.06. The van der Waals surface area contributed by atoms with Crippen molar-refractivity contribution in [2.75, 3.05) is 38.0 Å². The Morgan fingerprint density at radius 2 is 1.23 bits per heavy atom. The van der Waals surface area contributed by atoms with E-state index in [1.54, 1.807) is 0 Å². The summed E-state index contributed by atoms with van der Waals surface area (Å²) in [6, 6.07) is 10.3. The fourth-order valence-electron chi connectivity index (χ4n) is 3.34. The standard InChI is InChI=1S/C19H20N6O/c1-24(2)16-14-13(12-8-6-5-7-9-12)15-17(25(3)4)21-11-23-19(15)26-18(14)22-10-20-16/h5-11,13H,1-4H3. The van der Waals surface area contributed by atoms with Crippen LogP contribution in [0.25, 0.3) is 0 Å². The first-order valence-electron chi connectivity index (χ1n) is 8.35. The lowest BCUT2D eigenvalue weighted by molar-refractivity contribution is 0.413. The van der Waals surface area contributed by atoms with Crippen LogP contribution >= 0.6 is 0 Å². The molecule has 2 aromatic heterocycles. The van der Waals surface area contributed by atoms with Gasteiger partial charge in [-0.05, 0) is 5.56 Å². The fraction of sp³-hybridized carbons (Fsp3) is 0.263. The lowest BCUT2D eigenvalue weighted by Gasteiger charge is -2.31. The van der Waals surface area contributed by atoms with Gasteiger partial charge >= 0.3 is 0 Å². The zero-order chi connectivity index (χ0) is 18.3. The summed E-state index contributed by atoms with van der Waals surface area (Å²) >= 11 is 0. The van der Waals surface area contributed by atoms with Crippen LogP contribution in [-0.2, 0) is 0 Å². The third-order valence-electron chi connectivity index (χ3n) is 4.40. The second-order valence-electron chi connectivity index (χ2n) is 6.57. The van der Waals surface area contributed by atoms with Crippen LogP contribution in [0.3, 0.4) is 0 Å². The average Bonchev–Trinajstić information content (AvgIpc) is 2.65. The largest absolute Gasteiger partial charge is 0.420 e. The molecule has 3 aromatic rings. The molecule has 0 fully saturated rings. The number of rotatable bonds is 3. The highest BCUT2D eigenvalue weighted by Crippen LogP contribution is 2.50. The summed E-state index contributed by atoms with van der Waals surface area (Å²) in [4.78, 5) is 21.7. The van der Waals surface area contributed by atoms with Gasteiger partial charge in [-0.1, -0.05) is 30.3 Å². The molecular weight excluding hydrogens is 328 g/mol. The SMILES string of the molecule is CN(C)c1ncnc2c1C(c1ccccc1)c1c(ncnc1N(C)C)O2. The Bertz CT molecular complexity index is 885. The first kappa shape index (κ1) is 16.3. The maximum atomic E-state index is 6.06. The van der Waals surface area contributed by atoms with Crippen molar-refractivity contribution in [3.8, 4) is 11.8 Å². The van der Waals surface area contributed by atoms with Gasteiger partial charge in [0.2, 0.25) is 11.8 Å². The minimum absolute atomic E-state index is 0.118. The van der Waals surface area contributed by atoms with Crippen molar-refractivity contribution in [2.45, 2.75) is 5.92 Å². The maximum absolute atomic E-state index is 6.06. The first-order chi connectivity index (χ1) is 12.6. The summed E-state index contributed by atoms with van der Waals surface area (Å²) in [6.07, 6.45) is 3.05. The van der Waals surface area contributed by atoms with Crippen LogP contribution in [0.4, 0.5) is 11.6 Å². The van der Waals surface area contributed by atoms with Gasteiger partial charge in [0.25, 0.3) is 0 Å². The van der Waals surface area contributed by atoms with E-state index in [9.17, 15) is 0 Å². The number of nitrogens with zero attached hydrogens (tertiary/aromatic N) is 6. The van der Waals surface area contributed by atoms with Gasteiger partial charge in [-0.3, -0.25) is 0 Å². The topological polar surface area (TPSA) is 67.3 Å². The van der Waals surface area contributed by atoms with E-state index in [1.165, 1.54) is 12.7 Å². The molecule has 7 heteroatoms. The molecule has 0 N–H and O–H groups in total. The molecule has 0 unspecified atom stereocenters. The molecule has 132 valence electrons. The third-order valence-corrected chi connectivity index (χ3v) is 4.40. The van der Waals surface area contributed by atoms with E-state index in [1.807, 2.05) is 56.2 Å². The second-order valence-corrected chi connectivity index (χ2v) is 6.57. The summed E-state index contributed by atoms with van der Waals surface area (Å²) in [7, 11) is 7.87. The average molecular weight is 348 g/mol. The summed E-state index contributed by atoms with van der Waals surface area (Å²) in [6.45, 7) is 0. The van der Waals surface area contributed by atoms with Gasteiger partial charge in [-0.2, -0.15) is 0 Å². The van der Waals surface area contributed by atoms with Gasteiger partial charge in [-0.15, -0.1) is 0 Å². The summed E-state index contributed by atoms with van der Waals surface area (Å²) in [5, 5.41) is 0. The summed E-state index contributed by atoms with van der Waals surface area (Å²) < 4.78 is 6.06. The first-order valence-corrected chi connectivity index (χ1v) is 8.35. The zero-order valence-corrected chi connectivity index (χ0v) is 15.2. The van der Waals surface area contributed by atoms with Gasteiger partial charge < -0.3 is 14.5 Å². The second kappa shape index (κ2) is 6.25. The van der Waals surface area contributed by atoms with Crippen LogP contribution in [0.5, 0.6) is 11.8 Å². The Morgan fingerprint density at radius 3 is 1.69 bits per heavy atom. The molecule has 0 bridgehead atoms. The normalized spacial score (nSPS) is 12.8. The van der Waals surface area contributed by atoms with Gasteiger partial charge in [0.15, 0.2) is 0 Å². The molecule has 3 heterocycles. The molecule has 0 saturated carbocycles. The quantitative estimate of drug-likeness (QED) is 0.564. The maximum Gasteiger partial charge on any atom is 0.230 e. The number of benzene rings is 1. The van der Waals surface area contributed by atoms with E-state index in [0.29, 0.717) is 11.8 Å². The van der Waals surface area contributed by atoms with Crippen LogP contribution in [0.1, 0.15) is 22.6 Å². The number of hydrogen-bond donors (Lipinski definition) is 0. The minimum atomic E-state index is -0.118. The van der Waals surface area contributed by atoms with Crippen LogP contribution < -0.4 is 14.5 Å². The molecule has 0 radical (unpaired) electrons. The van der Waals surface area contributed by atoms with Crippen molar-refractivity contribution in [3.63, 3.8) is 0 Å². The highest BCUT2D eigenvalue weighted by Gasteiger charge is 2.37. The van der Waals surface area contributed by atoms with Crippen molar-refractivity contribution in [1.82, 2.24) is 19.9 Å². The van der Waals surface area contributed by atoms with Crippen LogP contribution in [0.15, 0.2) is 43.0 Å². The molecule has 1 aromatic carbocycles. The minimum Gasteiger partial charge on any atom is -0.420 e. The van der Waals surface area contributed by atoms with Gasteiger partial charge in [0.05, 0.1) is 17.0 Å². The predicted octanol–water partition coefficient (Wildman–Crippen LogP) is 2.68. The van der Waals surface area contributed by atoms with Crippen LogP contribution in [0, 0.1) is 0 Å². The molecule has 0 atom stereocenters. The van der Waals surface area contributed by atoms with Gasteiger partial charge in [0, 0.05) is 28.2 Å². The molecule has 0 aliphatic carbocycles. The van der Waals surface area contributed by atoms with Crippen molar-refractivity contribution in [2.24, 2.45) is 0 Å². The molecule has 1 aliphatic rings. The van der Waals surface area contributed by atoms with Crippen molar-refractivity contribution >= 4 is 11.6 Å². The van der Waals surface area contributed by atoms with E-state index in [2.05, 4.69) is 32.1 Å². The number of aromatic nitrogens is 4. The van der Waals surface area contributed by atoms with Gasteiger partial charge in [0.1, 0.15) is 24.3 Å². The Kier molecular flexibility index (Phi) is 3.91. The lowest BCUT2D eigenvalue weighted by atomic mass is 9.84. The molecule has 0 saturated heterocycles. The predicted molar refractivity (Wildman–Crippen MR) is 100 cm³/mol. The monoisotopic (exact) mass is 348 g/mol. The number of anilines is 2. The van der Waals surface area contributed by atoms with E-state index in [-0.39, 0.29) is 5.92 Å². The van der Waals surface area contributed by atoms with Gasteiger partial charge in [-0.25, -0.2) is 19.9 Å². The fourth-order valence-corrected chi connectivity index (χ4v) is 3.34. The molecule has 7 nitrogen and oxygen atoms in total. The molecule has 0 amide bonds. The van der Waals surface area contributed by atoms with E-state index >= 15 is 0 Å². The Labute approximate surface area is 152 Å². The summed E-state index contributed by atoms with van der Waals surface area (Å²) in [5.41, 5.74) is 2.97. The lowest BCUT2D eigenvalue weighted by Crippen LogP contribution is -2.24. The molecule has 0 spiro atoms. The smallest absolute Gasteiger partial charge is 0.230 e. The van der Waals surface area contributed by atoms with Crippen molar-refractivity contribution in [1.29, 1.82) is 0 Å². The molecule has 26 heavy (non-hydrogen) atoms. The highest BCUT2D eigenvalue weighted by molar-refractivity contribution is 5.68. The third kappa shape index (κ3) is 2.52. The van der Waals surface area contributed by atoms with Crippen molar-refractivity contribution in [3.05, 3.63) is 59.7 Å². The van der Waals surface area contributed by atoms with E-state index in [0.717, 1.165) is 28.3 Å². The number of hydrogen-bond acceptors (Lipinski definition) is 7. The Morgan fingerprint density at radius 1 is 0.731 bits per heavy atom. The zero-order valence-electron chi connectivity index (χ0n) is 15.2.